The van der Waals surface area contributed by atoms with Gasteiger partial charge in [-0.2, -0.15) is 0 Å². The van der Waals surface area contributed by atoms with Crippen LogP contribution in [0.4, 0.5) is 0 Å². The number of aromatic amines is 1. The van der Waals surface area contributed by atoms with Crippen molar-refractivity contribution < 1.29 is 9.59 Å². The average Bonchev–Trinajstić information content (AvgIpc) is 3.56. The maximum Gasteiger partial charge on any atom is 0.242 e. The first-order chi connectivity index (χ1) is 21.7. The van der Waals surface area contributed by atoms with Gasteiger partial charge in [-0.25, -0.2) is 0 Å². The number of amides is 2. The molecule has 1 aromatic heterocycles. The molecule has 0 aliphatic carbocycles. The molecule has 3 heterocycles. The molecule has 6 rings (SSSR count). The van der Waals surface area contributed by atoms with Gasteiger partial charge in [0.2, 0.25) is 11.8 Å². The SMILES string of the molecule is CCNC(=S)N1CCN(C(=O)[C@]2(Sc3ccc(C)cc3)CC(=O)N(Cc3ccc(Br)cc3)[C@H]2c2c[nH]c3cc(Cl)ccc23)CC1. The number of fused-ring (bicyclic) bond motifs is 1. The van der Waals surface area contributed by atoms with Crippen LogP contribution in [-0.4, -0.2) is 74.1 Å². The summed E-state index contributed by atoms with van der Waals surface area (Å²) in [6, 6.07) is 21.4. The van der Waals surface area contributed by atoms with Gasteiger partial charge in [-0.05, 0) is 68.0 Å². The molecule has 2 N–H and O–H groups in total. The third-order valence-corrected chi connectivity index (χ3v) is 11.2. The van der Waals surface area contributed by atoms with Crippen LogP contribution in [0.3, 0.4) is 0 Å². The minimum absolute atomic E-state index is 0.0259. The highest BCUT2D eigenvalue weighted by atomic mass is 79.9. The first-order valence-corrected chi connectivity index (χ1v) is 17.5. The number of carbonyl (C=O) groups is 2. The van der Waals surface area contributed by atoms with E-state index in [0.717, 1.165) is 43.5 Å². The van der Waals surface area contributed by atoms with Crippen LogP contribution in [0.1, 0.15) is 36.1 Å². The maximum atomic E-state index is 15.1. The Morgan fingerprint density at radius 3 is 2.44 bits per heavy atom. The van der Waals surface area contributed by atoms with E-state index >= 15 is 4.79 Å². The smallest absolute Gasteiger partial charge is 0.242 e. The summed E-state index contributed by atoms with van der Waals surface area (Å²) in [7, 11) is 0. The number of nitrogens with zero attached hydrogens (tertiary/aromatic N) is 3. The lowest BCUT2D eigenvalue weighted by molar-refractivity contribution is -0.136. The van der Waals surface area contributed by atoms with E-state index in [1.165, 1.54) is 11.8 Å². The van der Waals surface area contributed by atoms with E-state index in [4.69, 9.17) is 23.8 Å². The van der Waals surface area contributed by atoms with Crippen molar-refractivity contribution in [3.8, 4) is 0 Å². The van der Waals surface area contributed by atoms with Crippen LogP contribution < -0.4 is 5.32 Å². The summed E-state index contributed by atoms with van der Waals surface area (Å²) in [6.07, 6.45) is 2.03. The molecule has 2 saturated heterocycles. The lowest BCUT2D eigenvalue weighted by Gasteiger charge is -2.43. The van der Waals surface area contributed by atoms with Gasteiger partial charge in [0.15, 0.2) is 5.11 Å². The molecule has 3 aromatic carbocycles. The Morgan fingerprint density at radius 2 is 1.76 bits per heavy atom. The Morgan fingerprint density at radius 1 is 1.07 bits per heavy atom. The van der Waals surface area contributed by atoms with Crippen molar-refractivity contribution in [3.63, 3.8) is 0 Å². The number of piperazine rings is 1. The number of thioether (sulfide) groups is 1. The number of hydrogen-bond acceptors (Lipinski definition) is 4. The van der Waals surface area contributed by atoms with Crippen LogP contribution >= 0.6 is 51.5 Å². The van der Waals surface area contributed by atoms with E-state index in [-0.39, 0.29) is 18.2 Å². The van der Waals surface area contributed by atoms with Gasteiger partial charge in [-0.15, -0.1) is 11.8 Å². The molecule has 45 heavy (non-hydrogen) atoms. The zero-order valence-corrected chi connectivity index (χ0v) is 29.2. The predicted molar refractivity (Wildman–Crippen MR) is 190 cm³/mol. The monoisotopic (exact) mass is 723 g/mol. The third-order valence-electron chi connectivity index (χ3n) is 8.59. The molecule has 0 saturated carbocycles. The van der Waals surface area contributed by atoms with Gasteiger partial charge in [0.05, 0.1) is 12.5 Å². The van der Waals surface area contributed by atoms with Crippen molar-refractivity contribution in [2.24, 2.45) is 0 Å². The number of hydrogen-bond donors (Lipinski definition) is 2. The van der Waals surface area contributed by atoms with Crippen LogP contribution in [-0.2, 0) is 16.1 Å². The van der Waals surface area contributed by atoms with E-state index in [9.17, 15) is 4.79 Å². The summed E-state index contributed by atoms with van der Waals surface area (Å²) in [5.74, 6) is -0.0757. The standard InChI is InChI=1S/C34H35BrClN5O2S2/c1-3-37-33(44)40-16-14-39(15-17-40)32(43)34(45-26-11-4-22(2)5-12-26)19-30(42)41(21-23-6-8-24(35)9-7-23)31(34)28-20-38-29-18-25(36)10-13-27(28)29/h4-13,18,20,31,38H,3,14-17,19,21H2,1-2H3,(H,37,44)/t31-,34-/m0/s1. The number of H-pyrrole nitrogens is 1. The topological polar surface area (TPSA) is 71.7 Å². The Kier molecular flexibility index (Phi) is 9.47. The molecule has 2 fully saturated rings. The first kappa shape index (κ1) is 31.9. The van der Waals surface area contributed by atoms with Crippen molar-refractivity contribution in [3.05, 3.63) is 99.1 Å². The Bertz CT molecular complexity index is 1720. The van der Waals surface area contributed by atoms with Gasteiger partial charge in [-0.3, -0.25) is 9.59 Å². The Hall–Kier alpha value is -3.05. The van der Waals surface area contributed by atoms with E-state index in [2.05, 4.69) is 55.4 Å². The van der Waals surface area contributed by atoms with Crippen LogP contribution in [0.15, 0.2) is 82.3 Å². The molecule has 7 nitrogen and oxygen atoms in total. The van der Waals surface area contributed by atoms with E-state index < -0.39 is 10.8 Å². The summed E-state index contributed by atoms with van der Waals surface area (Å²) < 4.78 is -0.142. The molecule has 0 bridgehead atoms. The molecule has 2 aliphatic rings. The molecule has 4 aromatic rings. The second-order valence-corrected chi connectivity index (χ2v) is 14.7. The number of thiocarbonyl (C=S) groups is 1. The van der Waals surface area contributed by atoms with Crippen LogP contribution in [0.5, 0.6) is 0 Å². The number of likely N-dealkylation sites (tertiary alicyclic amines) is 1. The third kappa shape index (κ3) is 6.48. The molecule has 0 radical (unpaired) electrons. The first-order valence-electron chi connectivity index (χ1n) is 15.1. The summed E-state index contributed by atoms with van der Waals surface area (Å²) in [6.45, 7) is 7.52. The van der Waals surface area contributed by atoms with Gasteiger partial charge < -0.3 is 25.0 Å². The average molecular weight is 725 g/mol. The minimum Gasteiger partial charge on any atom is -0.363 e. The fraction of sp³-hybridized carbons (Fsp3) is 0.324. The van der Waals surface area contributed by atoms with Gasteiger partial charge in [0.25, 0.3) is 0 Å². The van der Waals surface area contributed by atoms with Gasteiger partial charge in [0, 0.05) is 76.3 Å². The zero-order valence-electron chi connectivity index (χ0n) is 25.2. The lowest BCUT2D eigenvalue weighted by atomic mass is 9.90. The van der Waals surface area contributed by atoms with Crippen molar-refractivity contribution in [2.75, 3.05) is 32.7 Å². The number of carbonyl (C=O) groups excluding carboxylic acids is 2. The molecule has 11 heteroatoms. The number of benzene rings is 3. The second kappa shape index (κ2) is 13.4. The minimum atomic E-state index is -1.11. The number of halogens is 2. The fourth-order valence-corrected chi connectivity index (χ4v) is 8.57. The Labute approximate surface area is 286 Å². The van der Waals surface area contributed by atoms with Crippen molar-refractivity contribution >= 4 is 79.3 Å². The number of nitrogens with one attached hydrogen (secondary N) is 2. The van der Waals surface area contributed by atoms with E-state index in [1.807, 2.05) is 72.3 Å². The van der Waals surface area contributed by atoms with Gasteiger partial charge in [-0.1, -0.05) is 63.4 Å². The summed E-state index contributed by atoms with van der Waals surface area (Å²) in [5, 5.41) is 5.50. The second-order valence-electron chi connectivity index (χ2n) is 11.6. The van der Waals surface area contributed by atoms with E-state index in [1.54, 1.807) is 0 Å². The number of rotatable bonds is 7. The quantitative estimate of drug-likeness (QED) is 0.202. The fourth-order valence-electron chi connectivity index (χ4n) is 6.34. The predicted octanol–water partition coefficient (Wildman–Crippen LogP) is 6.94. The molecule has 2 amide bonds. The molecule has 2 aliphatic heterocycles. The Balaban J connectivity index is 1.46. The van der Waals surface area contributed by atoms with Gasteiger partial charge >= 0.3 is 0 Å². The van der Waals surface area contributed by atoms with Crippen LogP contribution in [0, 0.1) is 6.92 Å². The van der Waals surface area contributed by atoms with Crippen molar-refractivity contribution in [1.82, 2.24) is 25.0 Å². The maximum absolute atomic E-state index is 15.1. The zero-order chi connectivity index (χ0) is 31.7. The molecular formula is C34H35BrClN5O2S2. The van der Waals surface area contributed by atoms with Crippen LogP contribution in [0.25, 0.3) is 10.9 Å². The normalized spacial score (nSPS) is 20.2. The largest absolute Gasteiger partial charge is 0.363 e. The molecular weight excluding hydrogens is 690 g/mol. The van der Waals surface area contributed by atoms with Crippen molar-refractivity contribution in [2.45, 2.75) is 42.5 Å². The summed E-state index contributed by atoms with van der Waals surface area (Å²) in [5.41, 5.74) is 3.91. The lowest BCUT2D eigenvalue weighted by Crippen LogP contribution is -2.58. The highest BCUT2D eigenvalue weighted by Crippen LogP contribution is 2.55. The van der Waals surface area contributed by atoms with Crippen LogP contribution in [0.2, 0.25) is 5.02 Å². The molecule has 234 valence electrons. The van der Waals surface area contributed by atoms with E-state index in [0.29, 0.717) is 42.9 Å². The highest BCUT2D eigenvalue weighted by Gasteiger charge is 2.59. The van der Waals surface area contributed by atoms with Crippen molar-refractivity contribution in [1.29, 1.82) is 0 Å². The molecule has 0 spiro atoms. The highest BCUT2D eigenvalue weighted by molar-refractivity contribution is 9.10. The number of aryl methyl sites for hydroxylation is 1. The summed E-state index contributed by atoms with van der Waals surface area (Å²) >= 11 is 17.0. The summed E-state index contributed by atoms with van der Waals surface area (Å²) in [4.78, 5) is 39.6. The molecule has 0 unspecified atom stereocenters. The van der Waals surface area contributed by atoms with Gasteiger partial charge in [0.1, 0.15) is 4.75 Å². The molecule has 2 atom stereocenters. The number of aromatic nitrogens is 1.